The van der Waals surface area contributed by atoms with Gasteiger partial charge in [-0.2, -0.15) is 0 Å². The molecule has 0 N–H and O–H groups in total. The summed E-state index contributed by atoms with van der Waals surface area (Å²) in [5.41, 5.74) is 11.0. The molecule has 0 saturated heterocycles. The third-order valence-corrected chi connectivity index (χ3v) is 11.2. The van der Waals surface area contributed by atoms with Gasteiger partial charge in [0.2, 0.25) is 0 Å². The Bertz CT molecular complexity index is 722. The zero-order valence-corrected chi connectivity index (χ0v) is 24.0. The van der Waals surface area contributed by atoms with Crippen molar-refractivity contribution >= 4 is 14.7 Å². The molecule has 0 amide bonds. The summed E-state index contributed by atoms with van der Waals surface area (Å²) in [5.74, 6) is 0.684. The molecule has 1 aromatic carbocycles. The van der Waals surface area contributed by atoms with Gasteiger partial charge in [0.1, 0.15) is 0 Å². The fourth-order valence-electron chi connectivity index (χ4n) is 4.40. The molecule has 0 spiro atoms. The number of hydrogen-bond donors (Lipinski definition) is 0. The summed E-state index contributed by atoms with van der Waals surface area (Å²) in [6, 6.07) is 0. The van der Waals surface area contributed by atoms with Gasteiger partial charge < -0.3 is 37.2 Å². The van der Waals surface area contributed by atoms with Crippen LogP contribution in [-0.4, -0.2) is 9.52 Å². The number of benzene rings is 1. The third-order valence-electron chi connectivity index (χ3n) is 6.80. The second-order valence-corrected chi connectivity index (χ2v) is 10.6. The first-order valence-electron chi connectivity index (χ1n) is 9.92. The van der Waals surface area contributed by atoms with Crippen LogP contribution in [0.5, 0.6) is 0 Å². The minimum atomic E-state index is -0.401. The second-order valence-electron chi connectivity index (χ2n) is 8.01. The second kappa shape index (κ2) is 13.0. The SMILES string of the molecule is CCCCCC1=C(C)[C]([Ti+3])=C([SiH2]c2c(C)c(C)c(C)c(C)c2C)C1C.[Cl-].[Cl-].[Cl-]. The van der Waals surface area contributed by atoms with Crippen molar-refractivity contribution in [3.05, 3.63) is 48.0 Å². The molecule has 1 atom stereocenters. The Morgan fingerprint density at radius 2 is 1.25 bits per heavy atom. The standard InChI is InChI=1S/C23H35Si.3ClH.Ti/c1-9-10-11-12-21-14(2)13-22(20(21)8)24-23-18(6)16(4)15(3)17(5)19(23)7;;;;/h20H,9-12,24H2,1-8H3;3*1H;/q;;;;+3/p-3. The van der Waals surface area contributed by atoms with E-state index >= 15 is 0 Å². The van der Waals surface area contributed by atoms with Crippen molar-refractivity contribution in [3.63, 3.8) is 0 Å². The molecule has 1 unspecified atom stereocenters. The molecule has 0 aromatic heterocycles. The van der Waals surface area contributed by atoms with E-state index in [1.165, 1.54) is 42.4 Å². The largest absolute Gasteiger partial charge is 1.00 e. The number of rotatable bonds is 6. The van der Waals surface area contributed by atoms with Crippen LogP contribution in [-0.2, 0) is 20.4 Å². The van der Waals surface area contributed by atoms with Crippen molar-refractivity contribution in [2.24, 2.45) is 5.92 Å². The van der Waals surface area contributed by atoms with Crippen molar-refractivity contribution in [1.82, 2.24) is 0 Å². The molecule has 1 aliphatic rings. The first-order valence-corrected chi connectivity index (χ1v) is 12.1. The van der Waals surface area contributed by atoms with Crippen molar-refractivity contribution in [1.29, 1.82) is 0 Å². The molecular formula is C23H35Cl3SiTi. The summed E-state index contributed by atoms with van der Waals surface area (Å²) in [6.45, 7) is 18.8. The van der Waals surface area contributed by atoms with Gasteiger partial charge in [-0.3, -0.25) is 0 Å². The van der Waals surface area contributed by atoms with E-state index in [2.05, 4.69) is 75.8 Å². The van der Waals surface area contributed by atoms with Gasteiger partial charge in [0.25, 0.3) is 0 Å². The zero-order valence-electron chi connectivity index (χ0n) is 18.7. The normalized spacial score (nSPS) is 16.4. The Morgan fingerprint density at radius 1 is 0.786 bits per heavy atom. The maximum absolute atomic E-state index is 2.47. The molecular weight excluding hydrogens is 459 g/mol. The summed E-state index contributed by atoms with van der Waals surface area (Å²) in [5, 5.41) is 3.52. The van der Waals surface area contributed by atoms with Gasteiger partial charge in [0.15, 0.2) is 0 Å². The van der Waals surface area contributed by atoms with Crippen molar-refractivity contribution in [3.8, 4) is 0 Å². The van der Waals surface area contributed by atoms with Crippen LogP contribution in [0.25, 0.3) is 0 Å². The van der Waals surface area contributed by atoms with Gasteiger partial charge in [-0.05, 0) is 0 Å². The summed E-state index contributed by atoms with van der Waals surface area (Å²) < 4.78 is 1.63. The van der Waals surface area contributed by atoms with Crippen LogP contribution in [0.3, 0.4) is 0 Å². The number of hydrogen-bond acceptors (Lipinski definition) is 0. The maximum Gasteiger partial charge on any atom is -1.00 e. The van der Waals surface area contributed by atoms with E-state index in [1.54, 1.807) is 36.5 Å². The first kappa shape index (κ1) is 30.7. The van der Waals surface area contributed by atoms with Crippen LogP contribution in [0.4, 0.5) is 0 Å². The molecule has 0 heterocycles. The third kappa shape index (κ3) is 6.02. The van der Waals surface area contributed by atoms with E-state index in [9.17, 15) is 0 Å². The molecule has 2 rings (SSSR count). The topological polar surface area (TPSA) is 0 Å². The van der Waals surface area contributed by atoms with E-state index in [-0.39, 0.29) is 37.2 Å². The number of halogens is 3. The summed E-state index contributed by atoms with van der Waals surface area (Å²) in [4.78, 5) is 0. The summed E-state index contributed by atoms with van der Waals surface area (Å²) in [7, 11) is -0.401. The number of allylic oxidation sites excluding steroid dienone is 4. The van der Waals surface area contributed by atoms with E-state index in [4.69, 9.17) is 0 Å². The average Bonchev–Trinajstić information content (AvgIpc) is 2.79. The molecule has 1 aliphatic carbocycles. The molecule has 28 heavy (non-hydrogen) atoms. The predicted octanol–water partition coefficient (Wildman–Crippen LogP) is -3.66. The van der Waals surface area contributed by atoms with Crippen LogP contribution in [0, 0.1) is 40.5 Å². The van der Waals surface area contributed by atoms with E-state index in [0.29, 0.717) is 5.92 Å². The minimum Gasteiger partial charge on any atom is -1.00 e. The van der Waals surface area contributed by atoms with Crippen LogP contribution < -0.4 is 42.4 Å². The Labute approximate surface area is 206 Å². The van der Waals surface area contributed by atoms with Crippen LogP contribution in [0.1, 0.15) is 74.3 Å². The molecule has 1 aromatic rings. The van der Waals surface area contributed by atoms with Gasteiger partial charge in [-0.1, -0.05) is 0 Å². The molecule has 0 nitrogen and oxygen atoms in total. The van der Waals surface area contributed by atoms with E-state index in [0.717, 1.165) is 0 Å². The molecule has 0 aliphatic heterocycles. The van der Waals surface area contributed by atoms with Gasteiger partial charge in [0, 0.05) is 0 Å². The van der Waals surface area contributed by atoms with Crippen molar-refractivity contribution < 1.29 is 57.7 Å². The monoisotopic (exact) mass is 492 g/mol. The maximum atomic E-state index is 2.47. The minimum absolute atomic E-state index is 0. The smallest absolute Gasteiger partial charge is 1.00 e. The fourth-order valence-corrected chi connectivity index (χ4v) is 7.84. The fraction of sp³-hybridized carbons (Fsp3) is 0.565. The van der Waals surface area contributed by atoms with Crippen molar-refractivity contribution in [2.75, 3.05) is 0 Å². The Balaban J connectivity index is 0. The summed E-state index contributed by atoms with van der Waals surface area (Å²) in [6.07, 6.45) is 5.34. The molecule has 0 saturated carbocycles. The predicted molar refractivity (Wildman–Crippen MR) is 111 cm³/mol. The van der Waals surface area contributed by atoms with Gasteiger partial charge >= 0.3 is 170 Å². The van der Waals surface area contributed by atoms with E-state index in [1.807, 2.05) is 0 Å². The molecule has 5 heteroatoms. The quantitative estimate of drug-likeness (QED) is 0.283. The molecule has 156 valence electrons. The molecule has 0 fully saturated rings. The Kier molecular flexibility index (Phi) is 14.3. The summed E-state index contributed by atoms with van der Waals surface area (Å²) >= 11 is 2.39. The van der Waals surface area contributed by atoms with E-state index < -0.39 is 9.52 Å². The Hall–Kier alpha value is 0.501. The molecule has 0 bridgehead atoms. The van der Waals surface area contributed by atoms with Crippen LogP contribution in [0.15, 0.2) is 20.2 Å². The Morgan fingerprint density at radius 3 is 1.71 bits per heavy atom. The van der Waals surface area contributed by atoms with Crippen molar-refractivity contribution in [2.45, 2.75) is 81.1 Å². The van der Waals surface area contributed by atoms with Gasteiger partial charge in [-0.15, -0.1) is 0 Å². The van der Waals surface area contributed by atoms with Crippen LogP contribution >= 0.6 is 0 Å². The first-order chi connectivity index (χ1) is 11.7. The van der Waals surface area contributed by atoms with Crippen LogP contribution in [0.2, 0.25) is 0 Å². The zero-order chi connectivity index (χ0) is 18.9. The average molecular weight is 494 g/mol. The van der Waals surface area contributed by atoms with Gasteiger partial charge in [-0.25, -0.2) is 0 Å². The molecule has 0 radical (unpaired) electrons. The number of unbranched alkanes of at least 4 members (excludes halogenated alkanes) is 2. The van der Waals surface area contributed by atoms with Gasteiger partial charge in [0.05, 0.1) is 0 Å².